The summed E-state index contributed by atoms with van der Waals surface area (Å²) in [5.41, 5.74) is 3.51. The van der Waals surface area contributed by atoms with E-state index in [2.05, 4.69) is 29.2 Å². The highest BCUT2D eigenvalue weighted by atomic mass is 16.2. The Labute approximate surface area is 182 Å². The fourth-order valence-corrected chi connectivity index (χ4v) is 3.86. The fourth-order valence-electron chi connectivity index (χ4n) is 3.86. The summed E-state index contributed by atoms with van der Waals surface area (Å²) in [6, 6.07) is 17.2. The van der Waals surface area contributed by atoms with Gasteiger partial charge in [-0.25, -0.2) is 4.98 Å². The summed E-state index contributed by atoms with van der Waals surface area (Å²) in [6.07, 6.45) is 3.14. The van der Waals surface area contributed by atoms with E-state index in [1.54, 1.807) is 0 Å². The fraction of sp³-hybridized carbons (Fsp3) is 0.240. The number of hydrogen-bond donors (Lipinski definition) is 2. The van der Waals surface area contributed by atoms with Gasteiger partial charge in [0, 0.05) is 22.7 Å². The smallest absolute Gasteiger partial charge is 0.253 e. The number of benzene rings is 2. The molecule has 6 nitrogen and oxygen atoms in total. The number of anilines is 1. The molecule has 2 aromatic carbocycles. The largest absolute Gasteiger partial charge is 0.349 e. The number of nitrogens with zero attached hydrogens (tertiary/aromatic N) is 2. The van der Waals surface area contributed by atoms with Crippen molar-refractivity contribution in [3.63, 3.8) is 0 Å². The Kier molecular flexibility index (Phi) is 6.09. The van der Waals surface area contributed by atoms with Gasteiger partial charge in [0.2, 0.25) is 5.91 Å². The van der Waals surface area contributed by atoms with Gasteiger partial charge in [0.15, 0.2) is 0 Å². The molecule has 0 aliphatic carbocycles. The number of carbonyl (C=O) groups excluding carboxylic acids is 2. The van der Waals surface area contributed by atoms with Crippen LogP contribution in [-0.2, 0) is 4.79 Å². The lowest BCUT2D eigenvalue weighted by Crippen LogP contribution is -2.43. The van der Waals surface area contributed by atoms with Crippen molar-refractivity contribution in [2.24, 2.45) is 0 Å². The first kappa shape index (κ1) is 20.8. The molecule has 6 heteroatoms. The topological polar surface area (TPSA) is 74.3 Å². The van der Waals surface area contributed by atoms with Crippen LogP contribution in [0.15, 0.2) is 67.3 Å². The number of aromatic nitrogens is 1. The zero-order chi connectivity index (χ0) is 21.8. The van der Waals surface area contributed by atoms with Crippen LogP contribution in [-0.4, -0.2) is 47.9 Å². The maximum Gasteiger partial charge on any atom is 0.253 e. The van der Waals surface area contributed by atoms with Crippen LogP contribution in [0.1, 0.15) is 23.2 Å². The number of nitrogens with one attached hydrogen (secondary N) is 2. The number of likely N-dealkylation sites (tertiary alicyclic amines) is 1. The van der Waals surface area contributed by atoms with E-state index in [-0.39, 0.29) is 17.9 Å². The second-order valence-corrected chi connectivity index (χ2v) is 7.90. The molecule has 1 saturated heterocycles. The molecular weight excluding hydrogens is 388 g/mol. The molecule has 2 heterocycles. The minimum Gasteiger partial charge on any atom is -0.349 e. The monoisotopic (exact) mass is 414 g/mol. The Balaban J connectivity index is 1.63. The highest BCUT2D eigenvalue weighted by Crippen LogP contribution is 2.25. The SMILES string of the molecule is C=CC(=O)Nc1cccc(-c2ccc3cccc(C(=O)NC4CCN(C)CC4)c3n2)c1. The molecule has 0 unspecified atom stereocenters. The maximum absolute atomic E-state index is 13.0. The van der Waals surface area contributed by atoms with Gasteiger partial charge in [-0.05, 0) is 63.3 Å². The number of piperidine rings is 1. The molecule has 31 heavy (non-hydrogen) atoms. The first-order chi connectivity index (χ1) is 15.0. The second kappa shape index (κ2) is 9.10. The quantitative estimate of drug-likeness (QED) is 0.622. The van der Waals surface area contributed by atoms with Crippen LogP contribution >= 0.6 is 0 Å². The molecule has 0 atom stereocenters. The number of hydrogen-bond acceptors (Lipinski definition) is 4. The van der Waals surface area contributed by atoms with Gasteiger partial charge >= 0.3 is 0 Å². The van der Waals surface area contributed by atoms with Gasteiger partial charge in [-0.1, -0.05) is 36.9 Å². The third kappa shape index (κ3) is 4.81. The molecule has 0 spiro atoms. The van der Waals surface area contributed by atoms with Gasteiger partial charge in [0.1, 0.15) is 0 Å². The van der Waals surface area contributed by atoms with Gasteiger partial charge in [0.25, 0.3) is 5.91 Å². The van der Waals surface area contributed by atoms with E-state index < -0.39 is 0 Å². The summed E-state index contributed by atoms with van der Waals surface area (Å²) >= 11 is 0. The highest BCUT2D eigenvalue weighted by molar-refractivity contribution is 6.06. The minimum atomic E-state index is -0.267. The van der Waals surface area contributed by atoms with Gasteiger partial charge in [-0.2, -0.15) is 0 Å². The molecule has 0 radical (unpaired) electrons. The first-order valence-electron chi connectivity index (χ1n) is 10.5. The Hall–Kier alpha value is -3.51. The van der Waals surface area contributed by atoms with Crippen molar-refractivity contribution in [1.82, 2.24) is 15.2 Å². The van der Waals surface area contributed by atoms with Crippen LogP contribution in [0.2, 0.25) is 0 Å². The Morgan fingerprint density at radius 3 is 2.65 bits per heavy atom. The van der Waals surface area contributed by atoms with Crippen LogP contribution in [0.3, 0.4) is 0 Å². The van der Waals surface area contributed by atoms with Gasteiger partial charge in [0.05, 0.1) is 16.8 Å². The number of fused-ring (bicyclic) bond motifs is 1. The highest BCUT2D eigenvalue weighted by Gasteiger charge is 2.20. The van der Waals surface area contributed by atoms with E-state index >= 15 is 0 Å². The molecule has 3 aromatic rings. The molecule has 1 fully saturated rings. The van der Waals surface area contributed by atoms with E-state index in [0.717, 1.165) is 42.6 Å². The van der Waals surface area contributed by atoms with Crippen molar-refractivity contribution in [3.05, 3.63) is 72.8 Å². The lowest BCUT2D eigenvalue weighted by Gasteiger charge is -2.29. The number of amides is 2. The van der Waals surface area contributed by atoms with Crippen LogP contribution in [0.25, 0.3) is 22.2 Å². The minimum absolute atomic E-state index is 0.0863. The summed E-state index contributed by atoms with van der Waals surface area (Å²) < 4.78 is 0. The molecule has 2 N–H and O–H groups in total. The molecule has 1 aliphatic heterocycles. The third-order valence-corrected chi connectivity index (χ3v) is 5.63. The molecule has 4 rings (SSSR count). The normalized spacial score (nSPS) is 14.9. The summed E-state index contributed by atoms with van der Waals surface area (Å²) in [6.45, 7) is 5.45. The average Bonchev–Trinajstić information content (AvgIpc) is 2.80. The van der Waals surface area contributed by atoms with Crippen molar-refractivity contribution < 1.29 is 9.59 Å². The Morgan fingerprint density at radius 2 is 1.87 bits per heavy atom. The Bertz CT molecular complexity index is 1130. The molecule has 0 saturated carbocycles. The molecule has 158 valence electrons. The van der Waals surface area contributed by atoms with Gasteiger partial charge in [-0.3, -0.25) is 9.59 Å². The standard InChI is InChI=1S/C25H26N4O2/c1-3-23(30)26-20-8-4-7-18(16-20)22-11-10-17-6-5-9-21(24(17)28-22)25(31)27-19-12-14-29(2)15-13-19/h3-11,16,19H,1,12-15H2,2H3,(H,26,30)(H,27,31). The molecular formula is C25H26N4O2. The predicted octanol–water partition coefficient (Wildman–Crippen LogP) is 3.85. The van der Waals surface area contributed by atoms with Crippen molar-refractivity contribution in [2.45, 2.75) is 18.9 Å². The van der Waals surface area contributed by atoms with Crippen LogP contribution in [0.4, 0.5) is 5.69 Å². The zero-order valence-corrected chi connectivity index (χ0v) is 17.6. The van der Waals surface area contributed by atoms with Gasteiger partial charge < -0.3 is 15.5 Å². The van der Waals surface area contributed by atoms with Crippen LogP contribution in [0.5, 0.6) is 0 Å². The average molecular weight is 415 g/mol. The second-order valence-electron chi connectivity index (χ2n) is 7.90. The van der Waals surface area contributed by atoms with E-state index in [0.29, 0.717) is 16.8 Å². The summed E-state index contributed by atoms with van der Waals surface area (Å²) in [5.74, 6) is -0.353. The summed E-state index contributed by atoms with van der Waals surface area (Å²) in [5, 5.41) is 6.86. The van der Waals surface area contributed by atoms with E-state index in [9.17, 15) is 9.59 Å². The van der Waals surface area contributed by atoms with Crippen molar-refractivity contribution in [2.75, 3.05) is 25.5 Å². The number of carbonyl (C=O) groups is 2. The van der Waals surface area contributed by atoms with E-state index in [1.807, 2.05) is 54.6 Å². The lowest BCUT2D eigenvalue weighted by atomic mass is 10.0. The van der Waals surface area contributed by atoms with E-state index in [1.165, 1.54) is 6.08 Å². The molecule has 1 aromatic heterocycles. The van der Waals surface area contributed by atoms with Crippen molar-refractivity contribution in [1.29, 1.82) is 0 Å². The predicted molar refractivity (Wildman–Crippen MR) is 124 cm³/mol. The van der Waals surface area contributed by atoms with Crippen molar-refractivity contribution >= 4 is 28.4 Å². The lowest BCUT2D eigenvalue weighted by molar-refractivity contribution is -0.111. The van der Waals surface area contributed by atoms with E-state index in [4.69, 9.17) is 4.98 Å². The number of pyridine rings is 1. The number of rotatable bonds is 5. The summed E-state index contributed by atoms with van der Waals surface area (Å²) in [7, 11) is 2.10. The molecule has 2 amide bonds. The first-order valence-corrected chi connectivity index (χ1v) is 10.5. The van der Waals surface area contributed by atoms with Crippen LogP contribution < -0.4 is 10.6 Å². The van der Waals surface area contributed by atoms with Crippen molar-refractivity contribution in [3.8, 4) is 11.3 Å². The Morgan fingerprint density at radius 1 is 1.10 bits per heavy atom. The third-order valence-electron chi connectivity index (χ3n) is 5.63. The number of para-hydroxylation sites is 1. The summed E-state index contributed by atoms with van der Waals surface area (Å²) in [4.78, 5) is 31.7. The van der Waals surface area contributed by atoms with Crippen LogP contribution in [0, 0.1) is 0 Å². The maximum atomic E-state index is 13.0. The molecule has 1 aliphatic rings. The zero-order valence-electron chi connectivity index (χ0n) is 17.6. The molecule has 0 bridgehead atoms. The van der Waals surface area contributed by atoms with Gasteiger partial charge in [-0.15, -0.1) is 0 Å².